The fourth-order valence-electron chi connectivity index (χ4n) is 2.83. The van der Waals surface area contributed by atoms with E-state index >= 15 is 0 Å². The van der Waals surface area contributed by atoms with E-state index in [1.54, 1.807) is 18.3 Å². The van der Waals surface area contributed by atoms with E-state index in [-0.39, 0.29) is 6.10 Å². The minimum absolute atomic E-state index is 0.204. The number of nitriles is 1. The molecule has 0 radical (unpaired) electrons. The quantitative estimate of drug-likeness (QED) is 0.837. The van der Waals surface area contributed by atoms with Gasteiger partial charge in [0.1, 0.15) is 17.7 Å². The second-order valence-electron chi connectivity index (χ2n) is 4.82. The van der Waals surface area contributed by atoms with Crippen molar-refractivity contribution in [1.82, 2.24) is 10.3 Å². The first-order chi connectivity index (χ1) is 8.35. The molecular weight excluding hydrogens is 214 g/mol. The Balaban J connectivity index is 1.73. The highest BCUT2D eigenvalue weighted by molar-refractivity contribution is 5.37. The Kier molecular flexibility index (Phi) is 2.69. The number of aromatic nitrogens is 1. The maximum Gasteiger partial charge on any atom is 0.231 e. The molecule has 2 atom stereocenters. The van der Waals surface area contributed by atoms with E-state index in [1.165, 1.54) is 12.8 Å². The van der Waals surface area contributed by atoms with Crippen molar-refractivity contribution in [3.63, 3.8) is 0 Å². The molecule has 3 rings (SSSR count). The average molecular weight is 229 g/mol. The Morgan fingerprint density at radius 3 is 2.82 bits per heavy atom. The van der Waals surface area contributed by atoms with Crippen LogP contribution in [0.25, 0.3) is 0 Å². The summed E-state index contributed by atoms with van der Waals surface area (Å²) >= 11 is 0. The number of pyridine rings is 1. The van der Waals surface area contributed by atoms with Crippen LogP contribution in [0.15, 0.2) is 18.3 Å². The van der Waals surface area contributed by atoms with Crippen LogP contribution in [-0.4, -0.2) is 23.2 Å². The van der Waals surface area contributed by atoms with Gasteiger partial charge in [0.15, 0.2) is 0 Å². The lowest BCUT2D eigenvalue weighted by Gasteiger charge is -2.29. The van der Waals surface area contributed by atoms with E-state index in [2.05, 4.69) is 16.4 Å². The van der Waals surface area contributed by atoms with E-state index in [0.717, 1.165) is 12.8 Å². The molecule has 88 valence electrons. The topological polar surface area (TPSA) is 57.9 Å². The third kappa shape index (κ3) is 2.11. The van der Waals surface area contributed by atoms with Gasteiger partial charge in [-0.05, 0) is 37.8 Å². The molecule has 2 unspecified atom stereocenters. The molecule has 4 heteroatoms. The molecule has 2 saturated heterocycles. The van der Waals surface area contributed by atoms with Crippen LogP contribution in [0, 0.1) is 11.3 Å². The van der Waals surface area contributed by atoms with Crippen molar-refractivity contribution < 1.29 is 4.74 Å². The molecule has 2 fully saturated rings. The van der Waals surface area contributed by atoms with Gasteiger partial charge in [0.05, 0.1) is 0 Å². The molecule has 0 aliphatic carbocycles. The van der Waals surface area contributed by atoms with Gasteiger partial charge in [-0.3, -0.25) is 0 Å². The normalized spacial score (nSPS) is 30.9. The lowest BCUT2D eigenvalue weighted by Crippen LogP contribution is -2.42. The monoisotopic (exact) mass is 229 g/mol. The van der Waals surface area contributed by atoms with Crippen LogP contribution in [0.1, 0.15) is 31.2 Å². The van der Waals surface area contributed by atoms with E-state index in [9.17, 15) is 0 Å². The van der Waals surface area contributed by atoms with Gasteiger partial charge in [-0.25, -0.2) is 4.98 Å². The SMILES string of the molecule is N#Cc1cccnc1OC1CC2CCC(C1)N2. The molecule has 1 aromatic heterocycles. The minimum Gasteiger partial charge on any atom is -0.473 e. The molecule has 4 nitrogen and oxygen atoms in total. The third-order valence-electron chi connectivity index (χ3n) is 3.60. The summed E-state index contributed by atoms with van der Waals surface area (Å²) in [6.07, 6.45) is 6.42. The van der Waals surface area contributed by atoms with Crippen molar-refractivity contribution in [3.05, 3.63) is 23.9 Å². The zero-order valence-electron chi connectivity index (χ0n) is 9.60. The maximum absolute atomic E-state index is 8.98. The number of hydrogen-bond donors (Lipinski definition) is 1. The fourth-order valence-corrected chi connectivity index (χ4v) is 2.83. The molecule has 2 aliphatic heterocycles. The molecule has 17 heavy (non-hydrogen) atoms. The average Bonchev–Trinajstić information content (AvgIpc) is 2.69. The minimum atomic E-state index is 0.204. The van der Waals surface area contributed by atoms with Gasteiger partial charge >= 0.3 is 0 Å². The predicted molar refractivity (Wildman–Crippen MR) is 62.5 cm³/mol. The lowest BCUT2D eigenvalue weighted by molar-refractivity contribution is 0.131. The molecule has 2 bridgehead atoms. The zero-order chi connectivity index (χ0) is 11.7. The molecular formula is C13H15N3O. The van der Waals surface area contributed by atoms with Gasteiger partial charge in [0, 0.05) is 18.3 Å². The van der Waals surface area contributed by atoms with Gasteiger partial charge in [-0.15, -0.1) is 0 Å². The van der Waals surface area contributed by atoms with Crippen molar-refractivity contribution in [2.24, 2.45) is 0 Å². The van der Waals surface area contributed by atoms with Gasteiger partial charge in [0.25, 0.3) is 0 Å². The summed E-state index contributed by atoms with van der Waals surface area (Å²) in [7, 11) is 0. The number of ether oxygens (including phenoxy) is 1. The summed E-state index contributed by atoms with van der Waals surface area (Å²) < 4.78 is 5.88. The molecule has 1 N–H and O–H groups in total. The highest BCUT2D eigenvalue weighted by Crippen LogP contribution is 2.29. The van der Waals surface area contributed by atoms with Crippen LogP contribution in [0.2, 0.25) is 0 Å². The molecule has 0 amide bonds. The van der Waals surface area contributed by atoms with Crippen LogP contribution < -0.4 is 10.1 Å². The van der Waals surface area contributed by atoms with Crippen LogP contribution in [0.5, 0.6) is 5.88 Å². The highest BCUT2D eigenvalue weighted by Gasteiger charge is 2.34. The number of nitrogens with zero attached hydrogens (tertiary/aromatic N) is 2. The number of rotatable bonds is 2. The third-order valence-corrected chi connectivity index (χ3v) is 3.60. The van der Waals surface area contributed by atoms with Crippen LogP contribution in [-0.2, 0) is 0 Å². The van der Waals surface area contributed by atoms with Crippen molar-refractivity contribution in [2.75, 3.05) is 0 Å². The highest BCUT2D eigenvalue weighted by atomic mass is 16.5. The maximum atomic E-state index is 8.98. The summed E-state index contributed by atoms with van der Waals surface area (Å²) in [4.78, 5) is 4.15. The van der Waals surface area contributed by atoms with Crippen LogP contribution in [0.4, 0.5) is 0 Å². The Morgan fingerprint density at radius 2 is 2.12 bits per heavy atom. The summed E-state index contributed by atoms with van der Waals surface area (Å²) in [5, 5.41) is 12.6. The molecule has 0 spiro atoms. The molecule has 0 saturated carbocycles. The number of fused-ring (bicyclic) bond motifs is 2. The predicted octanol–water partition coefficient (Wildman–Crippen LogP) is 1.62. The van der Waals surface area contributed by atoms with Gasteiger partial charge in [-0.2, -0.15) is 5.26 Å². The Hall–Kier alpha value is -1.60. The second kappa shape index (κ2) is 4.34. The van der Waals surface area contributed by atoms with Gasteiger partial charge < -0.3 is 10.1 Å². The van der Waals surface area contributed by atoms with Gasteiger partial charge in [-0.1, -0.05) is 0 Å². The van der Waals surface area contributed by atoms with Crippen LogP contribution in [0.3, 0.4) is 0 Å². The van der Waals surface area contributed by atoms with Crippen molar-refractivity contribution in [2.45, 2.75) is 43.9 Å². The first-order valence-electron chi connectivity index (χ1n) is 6.13. The molecule has 3 heterocycles. The van der Waals surface area contributed by atoms with Crippen molar-refractivity contribution in [3.8, 4) is 11.9 Å². The lowest BCUT2D eigenvalue weighted by atomic mass is 10.0. The Bertz CT molecular complexity index is 442. The van der Waals surface area contributed by atoms with E-state index in [4.69, 9.17) is 10.00 Å². The standard InChI is InChI=1S/C13H15N3O/c14-8-9-2-1-5-15-13(9)17-12-6-10-3-4-11(7-12)16-10/h1-2,5,10-12,16H,3-4,6-7H2. The second-order valence-corrected chi connectivity index (χ2v) is 4.82. The summed E-state index contributed by atoms with van der Waals surface area (Å²) in [6.45, 7) is 0. The number of nitrogens with one attached hydrogen (secondary N) is 1. The summed E-state index contributed by atoms with van der Waals surface area (Å²) in [5.74, 6) is 0.487. The fraction of sp³-hybridized carbons (Fsp3) is 0.538. The summed E-state index contributed by atoms with van der Waals surface area (Å²) in [6, 6.07) is 6.81. The van der Waals surface area contributed by atoms with Gasteiger partial charge in [0.2, 0.25) is 5.88 Å². The van der Waals surface area contributed by atoms with E-state index in [1.807, 2.05) is 0 Å². The molecule has 1 aromatic rings. The van der Waals surface area contributed by atoms with E-state index in [0.29, 0.717) is 23.5 Å². The van der Waals surface area contributed by atoms with Crippen molar-refractivity contribution in [1.29, 1.82) is 5.26 Å². The number of hydrogen-bond acceptors (Lipinski definition) is 4. The van der Waals surface area contributed by atoms with E-state index < -0.39 is 0 Å². The summed E-state index contributed by atoms with van der Waals surface area (Å²) in [5.41, 5.74) is 0.526. The first-order valence-corrected chi connectivity index (χ1v) is 6.13. The number of piperidine rings is 1. The zero-order valence-corrected chi connectivity index (χ0v) is 9.60. The Labute approximate surface area is 101 Å². The Morgan fingerprint density at radius 1 is 1.35 bits per heavy atom. The molecule has 2 aliphatic rings. The smallest absolute Gasteiger partial charge is 0.231 e. The first kappa shape index (κ1) is 10.5. The van der Waals surface area contributed by atoms with Crippen LogP contribution >= 0.6 is 0 Å². The molecule has 0 aromatic carbocycles. The largest absolute Gasteiger partial charge is 0.473 e. The van der Waals surface area contributed by atoms with Crippen molar-refractivity contribution >= 4 is 0 Å².